The number of ether oxygens (including phenoxy) is 1. The number of hydrogen-bond donors (Lipinski definition) is 1. The standard InChI is InChI=1S/C16H14ClF3N2O3/c1-9-3-8-13(15(24)22(9)10(2)17)14(23)21-11-4-6-12(7-5-11)25-16(18,19)20/h3-8,10H,1-2H3,(H,21,23). The first kappa shape index (κ1) is 18.9. The van der Waals surface area contributed by atoms with Gasteiger partial charge >= 0.3 is 6.36 Å². The van der Waals surface area contributed by atoms with E-state index in [1.54, 1.807) is 19.9 Å². The van der Waals surface area contributed by atoms with E-state index < -0.39 is 29.1 Å². The molecule has 1 heterocycles. The van der Waals surface area contributed by atoms with Crippen molar-refractivity contribution in [2.24, 2.45) is 0 Å². The number of carbonyl (C=O) groups excluding carboxylic acids is 1. The maximum atomic E-state index is 12.3. The molecule has 9 heteroatoms. The van der Waals surface area contributed by atoms with E-state index >= 15 is 0 Å². The van der Waals surface area contributed by atoms with Crippen molar-refractivity contribution in [3.05, 3.63) is 58.0 Å². The third kappa shape index (κ3) is 4.76. The number of aromatic nitrogens is 1. The molecular weight excluding hydrogens is 361 g/mol. The summed E-state index contributed by atoms with van der Waals surface area (Å²) in [5, 5.41) is 2.44. The summed E-state index contributed by atoms with van der Waals surface area (Å²) >= 11 is 5.95. The predicted molar refractivity (Wildman–Crippen MR) is 87.1 cm³/mol. The summed E-state index contributed by atoms with van der Waals surface area (Å²) in [6.45, 7) is 3.28. The first-order valence-electron chi connectivity index (χ1n) is 7.12. The van der Waals surface area contributed by atoms with Crippen LogP contribution in [0.25, 0.3) is 0 Å². The van der Waals surface area contributed by atoms with Gasteiger partial charge in [-0.25, -0.2) is 0 Å². The van der Waals surface area contributed by atoms with Gasteiger partial charge in [0.05, 0.1) is 0 Å². The van der Waals surface area contributed by atoms with E-state index in [2.05, 4.69) is 10.1 Å². The molecule has 2 rings (SSSR count). The highest BCUT2D eigenvalue weighted by Crippen LogP contribution is 2.24. The second kappa shape index (κ2) is 7.18. The molecule has 0 spiro atoms. The Hall–Kier alpha value is -2.48. The molecule has 1 aromatic heterocycles. The van der Waals surface area contributed by atoms with Gasteiger partial charge in [0, 0.05) is 11.4 Å². The van der Waals surface area contributed by atoms with Crippen molar-refractivity contribution in [3.63, 3.8) is 0 Å². The molecule has 1 unspecified atom stereocenters. The Morgan fingerprint density at radius 2 is 1.80 bits per heavy atom. The van der Waals surface area contributed by atoms with Crippen molar-refractivity contribution in [1.82, 2.24) is 4.57 Å². The van der Waals surface area contributed by atoms with Crippen LogP contribution in [-0.4, -0.2) is 16.8 Å². The van der Waals surface area contributed by atoms with Crippen molar-refractivity contribution in [3.8, 4) is 5.75 Å². The van der Waals surface area contributed by atoms with E-state index in [0.717, 1.165) is 12.1 Å². The fraction of sp³-hybridized carbons (Fsp3) is 0.250. The third-order valence-corrected chi connectivity index (χ3v) is 3.46. The van der Waals surface area contributed by atoms with Crippen molar-refractivity contribution >= 4 is 23.2 Å². The molecule has 0 saturated heterocycles. The maximum absolute atomic E-state index is 12.3. The molecule has 1 atom stereocenters. The van der Waals surface area contributed by atoms with E-state index in [1.807, 2.05) is 0 Å². The Bertz CT molecular complexity index is 830. The lowest BCUT2D eigenvalue weighted by atomic mass is 10.2. The summed E-state index contributed by atoms with van der Waals surface area (Å²) in [6, 6.07) is 7.51. The van der Waals surface area contributed by atoms with Crippen LogP contribution in [-0.2, 0) is 0 Å². The zero-order valence-corrected chi connectivity index (χ0v) is 14.0. The van der Waals surface area contributed by atoms with Crippen molar-refractivity contribution < 1.29 is 22.7 Å². The van der Waals surface area contributed by atoms with Gasteiger partial charge in [-0.1, -0.05) is 11.6 Å². The number of carbonyl (C=O) groups is 1. The normalized spacial score (nSPS) is 12.6. The molecule has 0 aliphatic heterocycles. The summed E-state index contributed by atoms with van der Waals surface area (Å²) in [5.41, 5.74) is -0.521. The van der Waals surface area contributed by atoms with Crippen molar-refractivity contribution in [2.45, 2.75) is 25.7 Å². The number of alkyl halides is 4. The van der Waals surface area contributed by atoms with Gasteiger partial charge in [-0.15, -0.1) is 13.2 Å². The van der Waals surface area contributed by atoms with Crippen molar-refractivity contribution in [1.29, 1.82) is 0 Å². The molecule has 134 valence electrons. The summed E-state index contributed by atoms with van der Waals surface area (Å²) in [5.74, 6) is -1.11. The van der Waals surface area contributed by atoms with E-state index in [0.29, 0.717) is 5.69 Å². The Morgan fingerprint density at radius 1 is 1.20 bits per heavy atom. The lowest BCUT2D eigenvalue weighted by molar-refractivity contribution is -0.274. The van der Waals surface area contributed by atoms with Gasteiger partial charge in [0.2, 0.25) is 0 Å². The number of amides is 1. The third-order valence-electron chi connectivity index (χ3n) is 3.27. The second-order valence-electron chi connectivity index (χ2n) is 5.16. The average Bonchev–Trinajstić information content (AvgIpc) is 2.47. The summed E-state index contributed by atoms with van der Waals surface area (Å²) in [6.07, 6.45) is -4.80. The first-order chi connectivity index (χ1) is 11.6. The van der Waals surface area contributed by atoms with Crippen LogP contribution >= 0.6 is 11.6 Å². The van der Waals surface area contributed by atoms with Crippen LogP contribution in [0.2, 0.25) is 0 Å². The number of rotatable bonds is 4. The van der Waals surface area contributed by atoms with Crippen LogP contribution in [0.15, 0.2) is 41.2 Å². The molecular formula is C16H14ClF3N2O3. The molecule has 1 aromatic carbocycles. The van der Waals surface area contributed by atoms with Gasteiger partial charge in [0.1, 0.15) is 16.8 Å². The summed E-state index contributed by atoms with van der Waals surface area (Å²) < 4.78 is 41.3. The van der Waals surface area contributed by atoms with Gasteiger partial charge in [-0.05, 0) is 50.2 Å². The lowest BCUT2D eigenvalue weighted by Gasteiger charge is -2.14. The monoisotopic (exact) mass is 374 g/mol. The number of hydrogen-bond acceptors (Lipinski definition) is 3. The summed E-state index contributed by atoms with van der Waals surface area (Å²) in [4.78, 5) is 24.6. The largest absolute Gasteiger partial charge is 0.573 e. The minimum atomic E-state index is -4.80. The Morgan fingerprint density at radius 3 is 2.32 bits per heavy atom. The number of nitrogens with zero attached hydrogens (tertiary/aromatic N) is 1. The number of halogens is 4. The van der Waals surface area contributed by atoms with Crippen LogP contribution < -0.4 is 15.6 Å². The van der Waals surface area contributed by atoms with Crippen LogP contribution in [0, 0.1) is 6.92 Å². The molecule has 1 amide bonds. The maximum Gasteiger partial charge on any atom is 0.573 e. The molecule has 1 N–H and O–H groups in total. The molecule has 0 saturated carbocycles. The first-order valence-corrected chi connectivity index (χ1v) is 7.55. The van der Waals surface area contributed by atoms with Crippen LogP contribution in [0.1, 0.15) is 28.5 Å². The van der Waals surface area contributed by atoms with E-state index in [1.165, 1.54) is 22.8 Å². The van der Waals surface area contributed by atoms with Gasteiger partial charge in [-0.2, -0.15) is 0 Å². The fourth-order valence-corrected chi connectivity index (χ4v) is 2.44. The SMILES string of the molecule is Cc1ccc(C(=O)Nc2ccc(OC(F)(F)F)cc2)c(=O)n1C(C)Cl. The topological polar surface area (TPSA) is 60.3 Å². The number of aryl methyl sites for hydroxylation is 1. The number of benzene rings is 1. The molecule has 0 aliphatic rings. The van der Waals surface area contributed by atoms with Crippen LogP contribution in [0.4, 0.5) is 18.9 Å². The van der Waals surface area contributed by atoms with Crippen LogP contribution in [0.5, 0.6) is 5.75 Å². The molecule has 5 nitrogen and oxygen atoms in total. The second-order valence-corrected chi connectivity index (χ2v) is 5.80. The zero-order valence-electron chi connectivity index (χ0n) is 13.2. The molecule has 0 fully saturated rings. The van der Waals surface area contributed by atoms with Crippen molar-refractivity contribution in [2.75, 3.05) is 5.32 Å². The van der Waals surface area contributed by atoms with Crippen LogP contribution in [0.3, 0.4) is 0 Å². The Labute approximate surface area is 146 Å². The average molecular weight is 375 g/mol. The van der Waals surface area contributed by atoms with Gasteiger partial charge < -0.3 is 10.1 Å². The van der Waals surface area contributed by atoms with E-state index in [-0.39, 0.29) is 11.3 Å². The van der Waals surface area contributed by atoms with Gasteiger partial charge in [-0.3, -0.25) is 14.2 Å². The fourth-order valence-electron chi connectivity index (χ4n) is 2.20. The molecule has 2 aromatic rings. The molecule has 0 bridgehead atoms. The smallest absolute Gasteiger partial charge is 0.406 e. The van der Waals surface area contributed by atoms with E-state index in [9.17, 15) is 22.8 Å². The highest BCUT2D eigenvalue weighted by atomic mass is 35.5. The highest BCUT2D eigenvalue weighted by Gasteiger charge is 2.31. The minimum Gasteiger partial charge on any atom is -0.406 e. The zero-order chi connectivity index (χ0) is 18.8. The Kier molecular flexibility index (Phi) is 5.42. The minimum absolute atomic E-state index is 0.131. The van der Waals surface area contributed by atoms with Gasteiger partial charge in [0.25, 0.3) is 11.5 Å². The Balaban J connectivity index is 2.20. The number of anilines is 1. The summed E-state index contributed by atoms with van der Waals surface area (Å²) in [7, 11) is 0. The lowest BCUT2D eigenvalue weighted by Crippen LogP contribution is -2.30. The molecule has 25 heavy (non-hydrogen) atoms. The predicted octanol–water partition coefficient (Wildman–Crippen LogP) is 4.06. The highest BCUT2D eigenvalue weighted by molar-refractivity contribution is 6.18. The molecule has 0 radical (unpaired) electrons. The van der Waals surface area contributed by atoms with Gasteiger partial charge in [0.15, 0.2) is 0 Å². The molecule has 0 aliphatic carbocycles. The number of nitrogens with one attached hydrogen (secondary N) is 1. The quantitative estimate of drug-likeness (QED) is 0.821. The number of pyridine rings is 1. The van der Waals surface area contributed by atoms with E-state index in [4.69, 9.17) is 11.6 Å².